The fraction of sp³-hybridized carbons (Fsp3) is 0.440. The zero-order chi connectivity index (χ0) is 22.7. The van der Waals surface area contributed by atoms with E-state index in [-0.39, 0.29) is 18.9 Å². The Morgan fingerprint density at radius 1 is 1.09 bits per heavy atom. The summed E-state index contributed by atoms with van der Waals surface area (Å²) in [5.41, 5.74) is 4.12. The quantitative estimate of drug-likeness (QED) is 0.688. The average molecular weight is 439 g/mol. The number of rotatable bonds is 7. The number of hydrogen-bond acceptors (Lipinski definition) is 5. The Balaban J connectivity index is 1.40. The summed E-state index contributed by atoms with van der Waals surface area (Å²) in [5.74, 6) is -1.14. The van der Waals surface area contributed by atoms with Crippen LogP contribution in [0.3, 0.4) is 0 Å². The monoisotopic (exact) mass is 438 g/mol. The molecule has 1 atom stereocenters. The molecule has 2 N–H and O–H groups in total. The van der Waals surface area contributed by atoms with Gasteiger partial charge in [0.15, 0.2) is 0 Å². The molecule has 0 saturated carbocycles. The standard InChI is InChI=1S/C25H30N2O5/c1-25(2,27-11-13-31-14-12-27)15-22(23(28)29)26-24(30)32-16-21-19-9-5-3-7-17(19)18-8-4-6-10-20(18)21/h3-10,21-22H,11-16H2,1-2H3,(H,26,30)(H,28,29). The van der Waals surface area contributed by atoms with Crippen LogP contribution in [0.25, 0.3) is 11.1 Å². The fourth-order valence-electron chi connectivity index (χ4n) is 4.78. The summed E-state index contributed by atoms with van der Waals surface area (Å²) < 4.78 is 10.9. The molecule has 1 heterocycles. The summed E-state index contributed by atoms with van der Waals surface area (Å²) in [6.45, 7) is 6.87. The lowest BCUT2D eigenvalue weighted by Crippen LogP contribution is -2.54. The van der Waals surface area contributed by atoms with Gasteiger partial charge in [0.1, 0.15) is 12.6 Å². The van der Waals surface area contributed by atoms with E-state index >= 15 is 0 Å². The van der Waals surface area contributed by atoms with Gasteiger partial charge in [-0.25, -0.2) is 9.59 Å². The first-order valence-corrected chi connectivity index (χ1v) is 11.0. The van der Waals surface area contributed by atoms with E-state index in [0.717, 1.165) is 35.3 Å². The smallest absolute Gasteiger partial charge is 0.407 e. The highest BCUT2D eigenvalue weighted by Gasteiger charge is 2.35. The molecule has 0 spiro atoms. The van der Waals surface area contributed by atoms with Crippen LogP contribution in [0.5, 0.6) is 0 Å². The van der Waals surface area contributed by atoms with Crippen LogP contribution in [0.15, 0.2) is 48.5 Å². The Bertz CT molecular complexity index is 938. The van der Waals surface area contributed by atoms with Gasteiger partial charge < -0.3 is 19.9 Å². The number of hydrogen-bond donors (Lipinski definition) is 2. The van der Waals surface area contributed by atoms with Gasteiger partial charge in [-0.1, -0.05) is 48.5 Å². The molecule has 1 aliphatic carbocycles. The normalized spacial score (nSPS) is 17.3. The second kappa shape index (κ2) is 9.30. The first-order valence-electron chi connectivity index (χ1n) is 11.0. The van der Waals surface area contributed by atoms with Crippen molar-refractivity contribution in [2.75, 3.05) is 32.9 Å². The van der Waals surface area contributed by atoms with Crippen molar-refractivity contribution in [3.05, 3.63) is 59.7 Å². The van der Waals surface area contributed by atoms with Gasteiger partial charge in [-0.05, 0) is 42.5 Å². The van der Waals surface area contributed by atoms with Gasteiger partial charge in [0, 0.05) is 24.5 Å². The molecule has 0 bridgehead atoms. The summed E-state index contributed by atoms with van der Waals surface area (Å²) in [5, 5.41) is 12.3. The minimum Gasteiger partial charge on any atom is -0.480 e. The third-order valence-corrected chi connectivity index (χ3v) is 6.50. The third kappa shape index (κ3) is 4.64. The fourth-order valence-corrected chi connectivity index (χ4v) is 4.78. The molecule has 1 unspecified atom stereocenters. The van der Waals surface area contributed by atoms with Crippen LogP contribution in [0.4, 0.5) is 4.79 Å². The van der Waals surface area contributed by atoms with Crippen molar-refractivity contribution in [3.63, 3.8) is 0 Å². The lowest BCUT2D eigenvalue weighted by atomic mass is 9.92. The lowest BCUT2D eigenvalue weighted by molar-refractivity contribution is -0.140. The molecule has 32 heavy (non-hydrogen) atoms. The van der Waals surface area contributed by atoms with Gasteiger partial charge in [-0.15, -0.1) is 0 Å². The molecular weight excluding hydrogens is 408 g/mol. The summed E-state index contributed by atoms with van der Waals surface area (Å²) in [6.07, 6.45) is -0.441. The van der Waals surface area contributed by atoms with Gasteiger partial charge in [0.25, 0.3) is 0 Å². The largest absolute Gasteiger partial charge is 0.480 e. The Kier molecular flexibility index (Phi) is 6.48. The van der Waals surface area contributed by atoms with Gasteiger partial charge in [-0.3, -0.25) is 4.90 Å². The zero-order valence-corrected chi connectivity index (χ0v) is 18.5. The molecule has 1 saturated heterocycles. The molecule has 0 aromatic heterocycles. The number of carbonyl (C=O) groups is 2. The second-order valence-corrected chi connectivity index (χ2v) is 8.98. The molecule has 1 aliphatic heterocycles. The number of ether oxygens (including phenoxy) is 2. The number of alkyl carbamates (subject to hydrolysis) is 1. The predicted molar refractivity (Wildman–Crippen MR) is 121 cm³/mol. The number of nitrogens with one attached hydrogen (secondary N) is 1. The number of amides is 1. The minimum atomic E-state index is -1.07. The molecule has 2 aliphatic rings. The Hall–Kier alpha value is -2.90. The van der Waals surface area contributed by atoms with E-state index in [1.165, 1.54) is 0 Å². The number of carboxylic acid groups (broad SMARTS) is 1. The second-order valence-electron chi connectivity index (χ2n) is 8.98. The summed E-state index contributed by atoms with van der Waals surface area (Å²) >= 11 is 0. The number of morpholine rings is 1. The molecule has 170 valence electrons. The average Bonchev–Trinajstić information content (AvgIpc) is 3.11. The minimum absolute atomic E-state index is 0.0683. The van der Waals surface area contributed by atoms with E-state index in [4.69, 9.17) is 9.47 Å². The number of carboxylic acids is 1. The van der Waals surface area contributed by atoms with Crippen LogP contribution in [-0.4, -0.2) is 66.6 Å². The first-order chi connectivity index (χ1) is 15.4. The maximum absolute atomic E-state index is 12.6. The van der Waals surface area contributed by atoms with E-state index in [1.807, 2.05) is 50.2 Å². The van der Waals surface area contributed by atoms with Crippen LogP contribution in [0.2, 0.25) is 0 Å². The molecule has 1 amide bonds. The highest BCUT2D eigenvalue weighted by atomic mass is 16.5. The summed E-state index contributed by atoms with van der Waals surface area (Å²) in [6, 6.07) is 15.2. The van der Waals surface area contributed by atoms with Crippen LogP contribution in [0.1, 0.15) is 37.3 Å². The van der Waals surface area contributed by atoms with Crippen LogP contribution >= 0.6 is 0 Å². The number of fused-ring (bicyclic) bond motifs is 3. The Morgan fingerprint density at radius 3 is 2.22 bits per heavy atom. The van der Waals surface area contributed by atoms with Gasteiger partial charge >= 0.3 is 12.1 Å². The van der Waals surface area contributed by atoms with Crippen LogP contribution in [0, 0.1) is 0 Å². The summed E-state index contributed by atoms with van der Waals surface area (Å²) in [4.78, 5) is 26.6. The first kappa shape index (κ1) is 22.3. The topological polar surface area (TPSA) is 88.1 Å². The number of aliphatic carboxylic acids is 1. The molecule has 0 radical (unpaired) electrons. The van der Waals surface area contributed by atoms with E-state index in [1.54, 1.807) is 0 Å². The Labute approximate surface area is 188 Å². The van der Waals surface area contributed by atoms with Crippen molar-refractivity contribution >= 4 is 12.1 Å². The van der Waals surface area contributed by atoms with Crippen molar-refractivity contribution in [2.45, 2.75) is 37.8 Å². The van der Waals surface area contributed by atoms with Crippen molar-refractivity contribution in [1.29, 1.82) is 0 Å². The molecule has 7 heteroatoms. The number of carbonyl (C=O) groups excluding carboxylic acids is 1. The van der Waals surface area contributed by atoms with Crippen molar-refractivity contribution in [2.24, 2.45) is 0 Å². The van der Waals surface area contributed by atoms with Gasteiger partial charge in [-0.2, -0.15) is 0 Å². The molecule has 2 aromatic rings. The third-order valence-electron chi connectivity index (χ3n) is 6.50. The highest BCUT2D eigenvalue weighted by Crippen LogP contribution is 2.44. The summed E-state index contributed by atoms with van der Waals surface area (Å²) in [7, 11) is 0. The van der Waals surface area contributed by atoms with Crippen LogP contribution < -0.4 is 5.32 Å². The molecular formula is C25H30N2O5. The lowest BCUT2D eigenvalue weighted by Gasteiger charge is -2.42. The molecule has 4 rings (SSSR count). The maximum Gasteiger partial charge on any atom is 0.407 e. The SMILES string of the molecule is CC(C)(CC(NC(=O)OCC1c2ccccc2-c2ccccc21)C(=O)O)N1CCOCC1. The zero-order valence-electron chi connectivity index (χ0n) is 18.5. The van der Waals surface area contributed by atoms with E-state index in [9.17, 15) is 14.7 Å². The molecule has 7 nitrogen and oxygen atoms in total. The predicted octanol–water partition coefficient (Wildman–Crippen LogP) is 3.48. The van der Waals surface area contributed by atoms with Crippen LogP contribution in [-0.2, 0) is 14.3 Å². The van der Waals surface area contributed by atoms with Gasteiger partial charge in [0.05, 0.1) is 13.2 Å². The van der Waals surface area contributed by atoms with Gasteiger partial charge in [0.2, 0.25) is 0 Å². The number of nitrogens with zero attached hydrogens (tertiary/aromatic N) is 1. The Morgan fingerprint density at radius 2 is 1.66 bits per heavy atom. The molecule has 1 fully saturated rings. The van der Waals surface area contributed by atoms with E-state index in [2.05, 4.69) is 22.3 Å². The number of benzene rings is 2. The van der Waals surface area contributed by atoms with Crippen molar-refractivity contribution in [1.82, 2.24) is 10.2 Å². The maximum atomic E-state index is 12.6. The van der Waals surface area contributed by atoms with E-state index < -0.39 is 23.6 Å². The van der Waals surface area contributed by atoms with Crippen molar-refractivity contribution in [3.8, 4) is 11.1 Å². The highest BCUT2D eigenvalue weighted by molar-refractivity contribution is 5.81. The van der Waals surface area contributed by atoms with Crippen molar-refractivity contribution < 1.29 is 24.2 Å². The molecule has 2 aromatic carbocycles. The van der Waals surface area contributed by atoms with E-state index in [0.29, 0.717) is 13.2 Å².